The number of hydrogen-bond acceptors (Lipinski definition) is 4. The van der Waals surface area contributed by atoms with E-state index in [-0.39, 0.29) is 5.66 Å². The molecule has 13 heavy (non-hydrogen) atoms. The molecule has 0 aromatic heterocycles. The highest BCUT2D eigenvalue weighted by Crippen LogP contribution is 2.35. The molecule has 0 aromatic rings. The van der Waals surface area contributed by atoms with Gasteiger partial charge in [-0.05, 0) is 38.8 Å². The molecule has 0 spiro atoms. The molecule has 0 bridgehead atoms. The van der Waals surface area contributed by atoms with E-state index < -0.39 is 0 Å². The van der Waals surface area contributed by atoms with Crippen LogP contribution in [0, 0.1) is 0 Å². The van der Waals surface area contributed by atoms with Crippen LogP contribution in [0.2, 0.25) is 0 Å². The molecule has 2 rings (SSSR count). The lowest BCUT2D eigenvalue weighted by atomic mass is 9.99. The van der Waals surface area contributed by atoms with Crippen molar-refractivity contribution in [3.05, 3.63) is 11.3 Å². The maximum Gasteiger partial charge on any atom is 0.195 e. The number of hydrogen-bond donors (Lipinski definition) is 3. The second-order valence-electron chi connectivity index (χ2n) is 3.75. The second kappa shape index (κ2) is 2.73. The number of rotatable bonds is 1. The summed E-state index contributed by atoms with van der Waals surface area (Å²) in [6.45, 7) is 2.07. The summed E-state index contributed by atoms with van der Waals surface area (Å²) in [5, 5.41) is 6.35. The van der Waals surface area contributed by atoms with Crippen LogP contribution in [0.25, 0.3) is 0 Å². The number of guanidine groups is 1. The first-order chi connectivity index (χ1) is 6.15. The SMILES string of the molecule is CNC1(C)N=C(N)NC2=C1CCC2. The van der Waals surface area contributed by atoms with E-state index >= 15 is 0 Å². The van der Waals surface area contributed by atoms with E-state index in [1.54, 1.807) is 0 Å². The number of aliphatic imine (C=N–C) groups is 1. The molecular formula is C9H16N4. The van der Waals surface area contributed by atoms with Crippen LogP contribution >= 0.6 is 0 Å². The smallest absolute Gasteiger partial charge is 0.195 e. The van der Waals surface area contributed by atoms with Gasteiger partial charge in [0.05, 0.1) is 0 Å². The van der Waals surface area contributed by atoms with Crippen molar-refractivity contribution < 1.29 is 0 Å². The highest BCUT2D eigenvalue weighted by atomic mass is 15.2. The fourth-order valence-corrected chi connectivity index (χ4v) is 2.12. The van der Waals surface area contributed by atoms with Gasteiger partial charge in [0.25, 0.3) is 0 Å². The minimum Gasteiger partial charge on any atom is -0.370 e. The van der Waals surface area contributed by atoms with Crippen molar-refractivity contribution >= 4 is 5.96 Å². The molecule has 0 saturated heterocycles. The van der Waals surface area contributed by atoms with Gasteiger partial charge < -0.3 is 11.1 Å². The molecule has 1 heterocycles. The molecular weight excluding hydrogens is 164 g/mol. The summed E-state index contributed by atoms with van der Waals surface area (Å²) in [6.07, 6.45) is 3.43. The fourth-order valence-electron chi connectivity index (χ4n) is 2.12. The molecule has 0 amide bonds. The third-order valence-electron chi connectivity index (χ3n) is 2.92. The van der Waals surface area contributed by atoms with Crippen molar-refractivity contribution in [2.45, 2.75) is 31.8 Å². The molecule has 0 saturated carbocycles. The van der Waals surface area contributed by atoms with Crippen molar-refractivity contribution in [1.82, 2.24) is 10.6 Å². The van der Waals surface area contributed by atoms with Gasteiger partial charge in [0.2, 0.25) is 0 Å². The zero-order valence-corrected chi connectivity index (χ0v) is 8.15. The Kier molecular flexibility index (Phi) is 1.80. The van der Waals surface area contributed by atoms with Crippen molar-refractivity contribution in [1.29, 1.82) is 0 Å². The monoisotopic (exact) mass is 180 g/mol. The molecule has 1 aliphatic carbocycles. The third kappa shape index (κ3) is 1.21. The van der Waals surface area contributed by atoms with Crippen molar-refractivity contribution in [3.8, 4) is 0 Å². The zero-order chi connectivity index (χ0) is 9.47. The molecule has 2 aliphatic rings. The van der Waals surface area contributed by atoms with Crippen LogP contribution in [-0.2, 0) is 0 Å². The topological polar surface area (TPSA) is 62.4 Å². The highest BCUT2D eigenvalue weighted by molar-refractivity contribution is 5.82. The molecule has 0 aromatic carbocycles. The largest absolute Gasteiger partial charge is 0.370 e. The first kappa shape index (κ1) is 8.56. The minimum atomic E-state index is -0.277. The van der Waals surface area contributed by atoms with E-state index in [1.165, 1.54) is 17.7 Å². The Hall–Kier alpha value is -1.03. The molecule has 1 atom stereocenters. The molecule has 1 aliphatic heterocycles. The predicted octanol–water partition coefficient (Wildman–Crippen LogP) is 0.278. The van der Waals surface area contributed by atoms with E-state index in [9.17, 15) is 0 Å². The summed E-state index contributed by atoms with van der Waals surface area (Å²) in [6, 6.07) is 0. The minimum absolute atomic E-state index is 0.277. The summed E-state index contributed by atoms with van der Waals surface area (Å²) in [4.78, 5) is 4.39. The van der Waals surface area contributed by atoms with Gasteiger partial charge in [-0.25, -0.2) is 4.99 Å². The third-order valence-corrected chi connectivity index (χ3v) is 2.92. The van der Waals surface area contributed by atoms with Gasteiger partial charge in [-0.15, -0.1) is 0 Å². The van der Waals surface area contributed by atoms with E-state index in [0.29, 0.717) is 5.96 Å². The van der Waals surface area contributed by atoms with Crippen LogP contribution in [0.1, 0.15) is 26.2 Å². The number of nitrogens with zero attached hydrogens (tertiary/aromatic N) is 1. The second-order valence-corrected chi connectivity index (χ2v) is 3.75. The normalized spacial score (nSPS) is 32.6. The van der Waals surface area contributed by atoms with Crippen LogP contribution in [0.5, 0.6) is 0 Å². The van der Waals surface area contributed by atoms with Gasteiger partial charge in [0.1, 0.15) is 5.66 Å². The highest BCUT2D eigenvalue weighted by Gasteiger charge is 2.35. The first-order valence-electron chi connectivity index (χ1n) is 4.69. The summed E-state index contributed by atoms with van der Waals surface area (Å²) in [5.74, 6) is 0.525. The maximum absolute atomic E-state index is 5.71. The Morgan fingerprint density at radius 2 is 2.31 bits per heavy atom. The lowest BCUT2D eigenvalue weighted by molar-refractivity contribution is 0.452. The van der Waals surface area contributed by atoms with E-state index in [4.69, 9.17) is 5.73 Å². The molecule has 4 heteroatoms. The van der Waals surface area contributed by atoms with E-state index in [1.807, 2.05) is 7.05 Å². The molecule has 0 radical (unpaired) electrons. The Morgan fingerprint density at radius 3 is 3.00 bits per heavy atom. The standard InChI is InChI=1S/C9H16N4/c1-9(11-2)6-4-3-5-7(6)12-8(10)13-9/h11H,3-5H2,1-2H3,(H3,10,12,13). The molecule has 4 N–H and O–H groups in total. The molecule has 0 fully saturated rings. The summed E-state index contributed by atoms with van der Waals surface area (Å²) in [7, 11) is 1.92. The Bertz CT molecular complexity index is 292. The molecule has 4 nitrogen and oxygen atoms in total. The van der Waals surface area contributed by atoms with E-state index in [2.05, 4.69) is 22.5 Å². The lowest BCUT2D eigenvalue weighted by Gasteiger charge is -2.32. The average Bonchev–Trinajstić information content (AvgIpc) is 2.52. The quantitative estimate of drug-likeness (QED) is 0.543. The van der Waals surface area contributed by atoms with Crippen LogP contribution in [-0.4, -0.2) is 18.7 Å². The number of likely N-dealkylation sites (N-methyl/N-ethyl adjacent to an activating group) is 1. The van der Waals surface area contributed by atoms with Gasteiger partial charge in [0.15, 0.2) is 5.96 Å². The number of nitrogens with one attached hydrogen (secondary N) is 2. The summed E-state index contributed by atoms with van der Waals surface area (Å²) < 4.78 is 0. The number of nitrogens with two attached hydrogens (primary N) is 1. The Balaban J connectivity index is 2.38. The van der Waals surface area contributed by atoms with Gasteiger partial charge >= 0.3 is 0 Å². The summed E-state index contributed by atoms with van der Waals surface area (Å²) >= 11 is 0. The van der Waals surface area contributed by atoms with Crippen molar-refractivity contribution in [2.75, 3.05) is 7.05 Å². The predicted molar refractivity (Wildman–Crippen MR) is 53.1 cm³/mol. The lowest BCUT2D eigenvalue weighted by Crippen LogP contribution is -2.48. The average molecular weight is 180 g/mol. The van der Waals surface area contributed by atoms with Crippen LogP contribution in [0.3, 0.4) is 0 Å². The molecule has 72 valence electrons. The maximum atomic E-state index is 5.71. The zero-order valence-electron chi connectivity index (χ0n) is 8.15. The fraction of sp³-hybridized carbons (Fsp3) is 0.667. The van der Waals surface area contributed by atoms with E-state index in [0.717, 1.165) is 12.8 Å². The molecule has 1 unspecified atom stereocenters. The van der Waals surface area contributed by atoms with Crippen LogP contribution in [0.15, 0.2) is 16.3 Å². The summed E-state index contributed by atoms with van der Waals surface area (Å²) in [5.41, 5.74) is 8.06. The van der Waals surface area contributed by atoms with Crippen LogP contribution < -0.4 is 16.4 Å². The van der Waals surface area contributed by atoms with Crippen LogP contribution in [0.4, 0.5) is 0 Å². The van der Waals surface area contributed by atoms with Crippen molar-refractivity contribution in [2.24, 2.45) is 10.7 Å². The van der Waals surface area contributed by atoms with Gasteiger partial charge in [-0.1, -0.05) is 0 Å². The first-order valence-corrected chi connectivity index (χ1v) is 4.69. The Morgan fingerprint density at radius 1 is 1.54 bits per heavy atom. The van der Waals surface area contributed by atoms with Gasteiger partial charge in [-0.2, -0.15) is 0 Å². The van der Waals surface area contributed by atoms with Gasteiger partial charge in [-0.3, -0.25) is 5.32 Å². The number of allylic oxidation sites excluding steroid dienone is 1. The Labute approximate surface area is 78.3 Å². The van der Waals surface area contributed by atoms with Gasteiger partial charge in [0, 0.05) is 5.70 Å². The van der Waals surface area contributed by atoms with Crippen molar-refractivity contribution in [3.63, 3.8) is 0 Å².